The van der Waals surface area contributed by atoms with Gasteiger partial charge in [-0.25, -0.2) is 22.2 Å². The van der Waals surface area contributed by atoms with Crippen molar-refractivity contribution in [1.82, 2.24) is 34.5 Å². The molecular formula is C23H25F2N9O4S2. The first-order valence-electron chi connectivity index (χ1n) is 12.5. The number of anilines is 1. The maximum atomic E-state index is 13.4. The molecule has 3 aromatic rings. The Bertz CT molecular complexity index is 1610. The van der Waals surface area contributed by atoms with Crippen LogP contribution in [0.3, 0.4) is 0 Å². The number of hydrogen-bond acceptors (Lipinski definition) is 11. The monoisotopic (exact) mass is 593 g/mol. The molecule has 2 N–H and O–H groups in total. The molecule has 1 aliphatic carbocycles. The van der Waals surface area contributed by atoms with Gasteiger partial charge in [-0.3, -0.25) is 9.20 Å². The van der Waals surface area contributed by atoms with Crippen molar-refractivity contribution >= 4 is 38.5 Å². The lowest BCUT2D eigenvalue weighted by molar-refractivity contribution is -0.161. The number of ether oxygens (including phenoxy) is 1. The zero-order valence-corrected chi connectivity index (χ0v) is 22.9. The average Bonchev–Trinajstić information content (AvgIpc) is 3.30. The first-order chi connectivity index (χ1) is 19.1. The molecule has 13 nitrogen and oxygen atoms in total. The van der Waals surface area contributed by atoms with Gasteiger partial charge >= 0.3 is 0 Å². The van der Waals surface area contributed by atoms with Gasteiger partial charge < -0.3 is 19.9 Å². The number of fused-ring (bicyclic) bond motifs is 1. The van der Waals surface area contributed by atoms with Crippen molar-refractivity contribution in [1.29, 1.82) is 5.26 Å². The number of carbonyl (C=O) groups excluding carboxylic acids is 1. The summed E-state index contributed by atoms with van der Waals surface area (Å²) in [5.41, 5.74) is -0.953. The SMILES string of the molecule is COC1(C(=O)N2CCN(c3cc(S(=O)(=O)NC4(C#N)CC4)cn4c(-c5nnc(C(F)F)s5)ncc34)CC2)CNC1. The van der Waals surface area contributed by atoms with Crippen LogP contribution in [0.5, 0.6) is 0 Å². The average molecular weight is 594 g/mol. The maximum Gasteiger partial charge on any atom is 0.291 e. The summed E-state index contributed by atoms with van der Waals surface area (Å²) < 4.78 is 62.7. The third-order valence-corrected chi connectivity index (χ3v) is 9.96. The largest absolute Gasteiger partial charge is 0.366 e. The third-order valence-electron chi connectivity index (χ3n) is 7.53. The molecule has 3 fully saturated rings. The number of nitriles is 1. The highest BCUT2D eigenvalue weighted by atomic mass is 32.2. The number of carbonyl (C=O) groups is 1. The minimum Gasteiger partial charge on any atom is -0.366 e. The van der Waals surface area contributed by atoms with Crippen molar-refractivity contribution in [2.24, 2.45) is 0 Å². The van der Waals surface area contributed by atoms with Crippen molar-refractivity contribution in [3.05, 3.63) is 23.5 Å². The Morgan fingerprint density at radius 1 is 1.25 bits per heavy atom. The summed E-state index contributed by atoms with van der Waals surface area (Å²) in [7, 11) is -2.62. The fourth-order valence-corrected chi connectivity index (χ4v) is 6.96. The number of nitrogens with one attached hydrogen (secondary N) is 2. The normalized spacial score (nSPS) is 20.0. The van der Waals surface area contributed by atoms with Crippen LogP contribution in [0.15, 0.2) is 23.4 Å². The number of sulfonamides is 1. The summed E-state index contributed by atoms with van der Waals surface area (Å²) in [5.74, 6) is 0.0653. The van der Waals surface area contributed by atoms with Gasteiger partial charge in [0.05, 0.1) is 23.5 Å². The first-order valence-corrected chi connectivity index (χ1v) is 14.8. The van der Waals surface area contributed by atoms with Crippen LogP contribution >= 0.6 is 11.3 Å². The number of aromatic nitrogens is 4. The molecular weight excluding hydrogens is 568 g/mol. The van der Waals surface area contributed by atoms with E-state index in [1.54, 1.807) is 4.90 Å². The summed E-state index contributed by atoms with van der Waals surface area (Å²) in [6, 6.07) is 3.53. The standard InChI is InChI=1S/C23H25F2N9O4S2/c1-38-23(12-27-13-23)21(35)33-6-4-32(5-7-33)15-8-14(40(36,37)31-22(11-26)2-3-22)10-34-16(15)9-28-18(34)20-30-29-19(39-20)17(24)25/h8-10,17,27,31H,2-7,12-13H2,1H3. The highest BCUT2D eigenvalue weighted by Crippen LogP contribution is 2.38. The van der Waals surface area contributed by atoms with Gasteiger partial charge in [0.25, 0.3) is 12.3 Å². The molecule has 17 heteroatoms. The first kappa shape index (κ1) is 26.9. The van der Waals surface area contributed by atoms with E-state index in [0.717, 1.165) is 0 Å². The molecule has 1 amide bonds. The summed E-state index contributed by atoms with van der Waals surface area (Å²) in [6.45, 7) is 2.47. The molecule has 0 bridgehead atoms. The number of alkyl halides is 2. The molecule has 3 aliphatic rings. The number of pyridine rings is 1. The van der Waals surface area contributed by atoms with Gasteiger partial charge in [-0.05, 0) is 18.9 Å². The van der Waals surface area contributed by atoms with E-state index < -0.39 is 32.6 Å². The molecule has 2 aliphatic heterocycles. The third kappa shape index (κ3) is 4.49. The van der Waals surface area contributed by atoms with Crippen molar-refractivity contribution in [2.45, 2.75) is 35.3 Å². The highest BCUT2D eigenvalue weighted by molar-refractivity contribution is 7.89. The predicted octanol–water partition coefficient (Wildman–Crippen LogP) is 0.762. The minimum absolute atomic E-state index is 0.0944. The van der Waals surface area contributed by atoms with E-state index in [9.17, 15) is 27.3 Å². The number of nitrogens with zero attached hydrogens (tertiary/aromatic N) is 7. The quantitative estimate of drug-likeness (QED) is 0.382. The lowest BCUT2D eigenvalue weighted by atomic mass is 9.94. The number of halogens is 2. The number of imidazole rings is 1. The Labute approximate surface area is 231 Å². The molecule has 6 rings (SSSR count). The smallest absolute Gasteiger partial charge is 0.291 e. The molecule has 212 valence electrons. The van der Waals surface area contributed by atoms with Gasteiger partial charge in [-0.15, -0.1) is 10.2 Å². The van der Waals surface area contributed by atoms with Gasteiger partial charge in [-0.2, -0.15) is 9.98 Å². The van der Waals surface area contributed by atoms with E-state index in [2.05, 4.69) is 25.2 Å². The Balaban J connectivity index is 1.36. The fourth-order valence-electron chi connectivity index (χ4n) is 4.88. The Kier molecular flexibility index (Phi) is 6.50. The lowest BCUT2D eigenvalue weighted by Gasteiger charge is -2.45. The second kappa shape index (κ2) is 9.66. The summed E-state index contributed by atoms with van der Waals surface area (Å²) in [4.78, 5) is 21.0. The number of rotatable bonds is 8. The molecule has 0 radical (unpaired) electrons. The molecule has 1 saturated carbocycles. The van der Waals surface area contributed by atoms with Gasteiger partial charge in [0.1, 0.15) is 10.4 Å². The van der Waals surface area contributed by atoms with Gasteiger partial charge in [-0.1, -0.05) is 11.3 Å². The van der Waals surface area contributed by atoms with Crippen LogP contribution in [0.1, 0.15) is 24.3 Å². The van der Waals surface area contributed by atoms with Gasteiger partial charge in [0.15, 0.2) is 21.4 Å². The molecule has 0 unspecified atom stereocenters. The van der Waals surface area contributed by atoms with Crippen LogP contribution in [-0.2, 0) is 19.6 Å². The Morgan fingerprint density at radius 2 is 1.98 bits per heavy atom. The van der Waals surface area contributed by atoms with E-state index in [4.69, 9.17) is 4.74 Å². The number of piperazine rings is 1. The molecule has 3 aromatic heterocycles. The number of hydrogen-bond donors (Lipinski definition) is 2. The van der Waals surface area contributed by atoms with E-state index in [0.29, 0.717) is 74.7 Å². The van der Waals surface area contributed by atoms with Crippen molar-refractivity contribution < 1.29 is 26.7 Å². The maximum absolute atomic E-state index is 13.4. The van der Waals surface area contributed by atoms with Crippen LogP contribution in [0.25, 0.3) is 16.3 Å². The molecule has 0 aromatic carbocycles. The van der Waals surface area contributed by atoms with E-state index >= 15 is 0 Å². The zero-order valence-electron chi connectivity index (χ0n) is 21.3. The van der Waals surface area contributed by atoms with E-state index in [-0.39, 0.29) is 21.6 Å². The Hall–Kier alpha value is -3.30. The second-order valence-corrected chi connectivity index (χ2v) is 12.7. The molecule has 0 spiro atoms. The van der Waals surface area contributed by atoms with Gasteiger partial charge in [0.2, 0.25) is 10.0 Å². The van der Waals surface area contributed by atoms with Crippen LogP contribution in [-0.4, -0.2) is 96.3 Å². The van der Waals surface area contributed by atoms with Crippen molar-refractivity contribution in [3.63, 3.8) is 0 Å². The van der Waals surface area contributed by atoms with Crippen LogP contribution in [0.4, 0.5) is 14.5 Å². The second-order valence-electron chi connectivity index (χ2n) is 10.0. The summed E-state index contributed by atoms with van der Waals surface area (Å²) in [5, 5.41) is 19.5. The molecule has 5 heterocycles. The molecule has 40 heavy (non-hydrogen) atoms. The summed E-state index contributed by atoms with van der Waals surface area (Å²) in [6.07, 6.45) is 0.869. The van der Waals surface area contributed by atoms with Crippen LogP contribution in [0.2, 0.25) is 0 Å². The van der Waals surface area contributed by atoms with Crippen LogP contribution in [0, 0.1) is 11.3 Å². The van der Waals surface area contributed by atoms with Crippen molar-refractivity contribution in [3.8, 4) is 16.9 Å². The molecule has 2 saturated heterocycles. The van der Waals surface area contributed by atoms with E-state index in [1.165, 1.54) is 30.0 Å². The number of amides is 1. The lowest BCUT2D eigenvalue weighted by Crippen LogP contribution is -2.70. The Morgan fingerprint density at radius 3 is 2.52 bits per heavy atom. The van der Waals surface area contributed by atoms with E-state index in [1.807, 2.05) is 11.0 Å². The number of methoxy groups -OCH3 is 1. The topological polar surface area (TPSA) is 158 Å². The summed E-state index contributed by atoms with van der Waals surface area (Å²) >= 11 is 0.669. The van der Waals surface area contributed by atoms with Crippen molar-refractivity contribution in [2.75, 3.05) is 51.3 Å². The minimum atomic E-state index is -4.14. The van der Waals surface area contributed by atoms with Gasteiger partial charge in [0, 0.05) is 52.6 Å². The highest BCUT2D eigenvalue weighted by Gasteiger charge is 2.48. The fraction of sp³-hybridized carbons (Fsp3) is 0.522. The predicted molar refractivity (Wildman–Crippen MR) is 138 cm³/mol. The van der Waals surface area contributed by atoms with Crippen LogP contribution < -0.4 is 14.9 Å². The zero-order chi connectivity index (χ0) is 28.3. The molecule has 0 atom stereocenters.